The second-order valence-electron chi connectivity index (χ2n) is 7.63. The summed E-state index contributed by atoms with van der Waals surface area (Å²) < 4.78 is 11.1. The molecule has 162 valence electrons. The van der Waals surface area contributed by atoms with Gasteiger partial charge in [-0.1, -0.05) is 30.3 Å². The van der Waals surface area contributed by atoms with Gasteiger partial charge in [-0.15, -0.1) is 0 Å². The second kappa shape index (κ2) is 7.88. The lowest BCUT2D eigenvalue weighted by Gasteiger charge is -2.37. The Morgan fingerprint density at radius 3 is 2.34 bits per heavy atom. The maximum atomic E-state index is 11.1. The smallest absolute Gasteiger partial charge is 0.269 e. The summed E-state index contributed by atoms with van der Waals surface area (Å²) in [6, 6.07) is 20.6. The van der Waals surface area contributed by atoms with E-state index < -0.39 is 4.92 Å². The highest BCUT2D eigenvalue weighted by molar-refractivity contribution is 6.01. The normalized spacial score (nSPS) is 16.8. The summed E-state index contributed by atoms with van der Waals surface area (Å²) in [4.78, 5) is 13.0. The number of rotatable bonds is 5. The molecule has 8 heteroatoms. The molecule has 0 bridgehead atoms. The molecule has 5 rings (SSSR count). The number of hydrazone groups is 1. The Morgan fingerprint density at radius 2 is 1.69 bits per heavy atom. The molecule has 0 saturated carbocycles. The molecule has 3 aromatic rings. The summed E-state index contributed by atoms with van der Waals surface area (Å²) in [5, 5.41) is 18.0. The molecule has 0 radical (unpaired) electrons. The van der Waals surface area contributed by atoms with Crippen molar-refractivity contribution in [2.45, 2.75) is 12.6 Å². The summed E-state index contributed by atoms with van der Waals surface area (Å²) in [6.07, 6.45) is 0.641. The Balaban J connectivity index is 1.64. The van der Waals surface area contributed by atoms with E-state index in [4.69, 9.17) is 14.6 Å². The van der Waals surface area contributed by atoms with Crippen LogP contribution in [0.3, 0.4) is 0 Å². The maximum Gasteiger partial charge on any atom is 0.269 e. The summed E-state index contributed by atoms with van der Waals surface area (Å²) in [5.41, 5.74) is 4.08. The lowest BCUT2D eigenvalue weighted by molar-refractivity contribution is -0.384. The van der Waals surface area contributed by atoms with E-state index in [1.54, 1.807) is 26.4 Å². The second-order valence-corrected chi connectivity index (χ2v) is 7.63. The van der Waals surface area contributed by atoms with E-state index in [0.29, 0.717) is 11.5 Å². The van der Waals surface area contributed by atoms with E-state index in [1.165, 1.54) is 17.7 Å². The molecule has 1 unspecified atom stereocenters. The van der Waals surface area contributed by atoms with Gasteiger partial charge in [-0.2, -0.15) is 5.10 Å². The molecule has 8 nitrogen and oxygen atoms in total. The molecule has 3 aromatic carbocycles. The molecule has 1 atom stereocenters. The first-order chi connectivity index (χ1) is 15.6. The van der Waals surface area contributed by atoms with Gasteiger partial charge in [-0.25, -0.2) is 5.01 Å². The minimum absolute atomic E-state index is 0.0486. The van der Waals surface area contributed by atoms with Crippen molar-refractivity contribution in [3.63, 3.8) is 0 Å². The van der Waals surface area contributed by atoms with Crippen LogP contribution in [0.1, 0.15) is 22.9 Å². The topological polar surface area (TPSA) is 80.4 Å². The Hall–Kier alpha value is -4.07. The maximum absolute atomic E-state index is 11.1. The number of ether oxygens (including phenoxy) is 2. The van der Waals surface area contributed by atoms with Gasteiger partial charge in [0.2, 0.25) is 0 Å². The van der Waals surface area contributed by atoms with Gasteiger partial charge in [0.15, 0.2) is 23.5 Å². The lowest BCUT2D eigenvalue weighted by atomic mass is 9.95. The zero-order chi connectivity index (χ0) is 22.2. The number of amidine groups is 1. The van der Waals surface area contributed by atoms with Crippen molar-refractivity contribution >= 4 is 17.2 Å². The number of anilines is 1. The number of fused-ring (bicyclic) bond motifs is 3. The summed E-state index contributed by atoms with van der Waals surface area (Å²) >= 11 is 0. The molecule has 0 saturated heterocycles. The molecule has 2 heterocycles. The number of nitro benzene ring substituents is 1. The van der Waals surface area contributed by atoms with Crippen molar-refractivity contribution in [2.75, 3.05) is 25.8 Å². The van der Waals surface area contributed by atoms with Gasteiger partial charge >= 0.3 is 0 Å². The van der Waals surface area contributed by atoms with E-state index in [2.05, 4.69) is 4.90 Å². The van der Waals surface area contributed by atoms with Crippen LogP contribution >= 0.6 is 0 Å². The van der Waals surface area contributed by atoms with E-state index in [1.807, 2.05) is 47.5 Å². The Bertz CT molecular complexity index is 1190. The highest BCUT2D eigenvalue weighted by atomic mass is 16.6. The number of methoxy groups -OCH3 is 2. The molecular formula is C24H22N4O4. The number of benzene rings is 3. The minimum Gasteiger partial charge on any atom is -0.493 e. The lowest BCUT2D eigenvalue weighted by Crippen LogP contribution is -2.40. The van der Waals surface area contributed by atoms with Crippen molar-refractivity contribution in [3.8, 4) is 11.5 Å². The van der Waals surface area contributed by atoms with Crippen molar-refractivity contribution in [1.29, 1.82) is 0 Å². The third kappa shape index (κ3) is 3.20. The van der Waals surface area contributed by atoms with Gasteiger partial charge in [0.25, 0.3) is 5.69 Å². The van der Waals surface area contributed by atoms with Crippen LogP contribution in [0, 0.1) is 10.1 Å². The van der Waals surface area contributed by atoms with Gasteiger partial charge < -0.3 is 14.4 Å². The fourth-order valence-electron chi connectivity index (χ4n) is 4.36. The summed E-state index contributed by atoms with van der Waals surface area (Å²) in [7, 11) is 3.26. The molecule has 32 heavy (non-hydrogen) atoms. The predicted octanol–water partition coefficient (Wildman–Crippen LogP) is 4.35. The molecule has 0 fully saturated rings. The van der Waals surface area contributed by atoms with E-state index in [-0.39, 0.29) is 11.9 Å². The van der Waals surface area contributed by atoms with Crippen LogP contribution in [0.4, 0.5) is 11.4 Å². The minimum atomic E-state index is -0.397. The van der Waals surface area contributed by atoms with E-state index in [0.717, 1.165) is 35.6 Å². The number of nitrogens with zero attached hydrogens (tertiary/aromatic N) is 4. The fraction of sp³-hybridized carbons (Fsp3) is 0.208. The fourth-order valence-corrected chi connectivity index (χ4v) is 4.36. The van der Waals surface area contributed by atoms with Gasteiger partial charge in [-0.3, -0.25) is 10.1 Å². The quantitative estimate of drug-likeness (QED) is 0.442. The molecule has 0 N–H and O–H groups in total. The molecule has 2 aliphatic rings. The zero-order valence-corrected chi connectivity index (χ0v) is 17.8. The largest absolute Gasteiger partial charge is 0.493 e. The number of non-ortho nitro benzene ring substituents is 1. The Kier molecular flexibility index (Phi) is 4.89. The van der Waals surface area contributed by atoms with Crippen LogP contribution in [0.5, 0.6) is 11.5 Å². The van der Waals surface area contributed by atoms with Gasteiger partial charge in [-0.05, 0) is 36.2 Å². The SMILES string of the molecule is COc1cc2c(cc1OC)C1N(CC2)C(c2ccccc2)=NN1c1ccc([N+](=O)[O-])cc1. The van der Waals surface area contributed by atoms with Crippen LogP contribution in [0.15, 0.2) is 71.8 Å². The third-order valence-electron chi connectivity index (χ3n) is 5.90. The van der Waals surface area contributed by atoms with E-state index >= 15 is 0 Å². The van der Waals surface area contributed by atoms with Crippen molar-refractivity contribution in [2.24, 2.45) is 5.10 Å². The monoisotopic (exact) mass is 430 g/mol. The average Bonchev–Trinajstić information content (AvgIpc) is 3.23. The summed E-state index contributed by atoms with van der Waals surface area (Å²) in [5.74, 6) is 2.23. The molecule has 0 spiro atoms. The first-order valence-electron chi connectivity index (χ1n) is 10.3. The zero-order valence-electron chi connectivity index (χ0n) is 17.8. The highest BCUT2D eigenvalue weighted by Crippen LogP contribution is 2.44. The molecule has 0 amide bonds. The molecule has 2 aliphatic heterocycles. The van der Waals surface area contributed by atoms with Gasteiger partial charge in [0.1, 0.15) is 0 Å². The standard InChI is InChI=1S/C24H22N4O4/c1-31-21-14-17-12-13-26-23(16-6-4-3-5-7-16)25-27(24(26)20(17)15-22(21)32-2)18-8-10-19(11-9-18)28(29)30/h3-11,14-15,24H,12-13H2,1-2H3. The Labute approximate surface area is 185 Å². The number of hydrogen-bond donors (Lipinski definition) is 0. The van der Waals surface area contributed by atoms with Crippen molar-refractivity contribution in [1.82, 2.24) is 4.90 Å². The van der Waals surface area contributed by atoms with Gasteiger partial charge in [0.05, 0.1) is 24.8 Å². The van der Waals surface area contributed by atoms with Gasteiger partial charge in [0, 0.05) is 29.8 Å². The third-order valence-corrected chi connectivity index (χ3v) is 5.90. The van der Waals surface area contributed by atoms with Crippen LogP contribution < -0.4 is 14.5 Å². The average molecular weight is 430 g/mol. The predicted molar refractivity (Wildman–Crippen MR) is 121 cm³/mol. The Morgan fingerprint density at radius 1 is 1.00 bits per heavy atom. The van der Waals surface area contributed by atoms with Crippen LogP contribution in [0.25, 0.3) is 0 Å². The summed E-state index contributed by atoms with van der Waals surface area (Å²) in [6.45, 7) is 0.782. The molecule has 0 aliphatic carbocycles. The number of hydrogen-bond acceptors (Lipinski definition) is 7. The first-order valence-corrected chi connectivity index (χ1v) is 10.3. The van der Waals surface area contributed by atoms with Crippen LogP contribution in [-0.4, -0.2) is 36.4 Å². The molecule has 0 aromatic heterocycles. The van der Waals surface area contributed by atoms with Crippen molar-refractivity contribution < 1.29 is 14.4 Å². The van der Waals surface area contributed by atoms with Crippen LogP contribution in [0.2, 0.25) is 0 Å². The van der Waals surface area contributed by atoms with Crippen molar-refractivity contribution in [3.05, 3.63) is 93.5 Å². The highest BCUT2D eigenvalue weighted by Gasteiger charge is 2.41. The molecular weight excluding hydrogens is 408 g/mol. The first kappa shape index (κ1) is 19.9. The van der Waals surface area contributed by atoms with Crippen LogP contribution in [-0.2, 0) is 6.42 Å². The number of nitro groups is 1. The van der Waals surface area contributed by atoms with E-state index in [9.17, 15) is 10.1 Å².